The molecular formula is C12H24N2O2. The van der Waals surface area contributed by atoms with Crippen molar-refractivity contribution in [1.29, 1.82) is 0 Å². The average molecular weight is 228 g/mol. The second-order valence-electron chi connectivity index (χ2n) is 4.71. The lowest BCUT2D eigenvalue weighted by atomic mass is 10.1. The van der Waals surface area contributed by atoms with Gasteiger partial charge in [-0.1, -0.05) is 6.92 Å². The molecule has 1 aliphatic rings. The largest absolute Gasteiger partial charge is 0.372 e. The van der Waals surface area contributed by atoms with Crippen molar-refractivity contribution in [2.75, 3.05) is 33.4 Å². The van der Waals surface area contributed by atoms with E-state index in [2.05, 4.69) is 25.8 Å². The molecule has 2 atom stereocenters. The van der Waals surface area contributed by atoms with Crippen molar-refractivity contribution in [3.8, 4) is 0 Å². The predicted octanol–water partition coefficient (Wildman–Crippen LogP) is 0.964. The lowest BCUT2D eigenvalue weighted by molar-refractivity contribution is -0.140. The third-order valence-electron chi connectivity index (χ3n) is 3.29. The molecule has 1 rings (SSSR count). The number of carbonyl (C=O) groups excluding carboxylic acids is 1. The highest BCUT2D eigenvalue weighted by Crippen LogP contribution is 2.13. The summed E-state index contributed by atoms with van der Waals surface area (Å²) in [5, 5.41) is 0. The number of ether oxygens (including phenoxy) is 1. The summed E-state index contributed by atoms with van der Waals surface area (Å²) in [4.78, 5) is 16.1. The molecule has 1 saturated heterocycles. The minimum absolute atomic E-state index is 0.125. The van der Waals surface area contributed by atoms with Crippen LogP contribution in [0.3, 0.4) is 0 Å². The predicted molar refractivity (Wildman–Crippen MR) is 64.4 cm³/mol. The van der Waals surface area contributed by atoms with Crippen LogP contribution in [0.25, 0.3) is 0 Å². The van der Waals surface area contributed by atoms with Crippen LogP contribution in [0, 0.1) is 0 Å². The summed E-state index contributed by atoms with van der Waals surface area (Å²) in [6.07, 6.45) is 0.961. The van der Waals surface area contributed by atoms with E-state index in [1.165, 1.54) is 0 Å². The molecule has 4 nitrogen and oxygen atoms in total. The summed E-state index contributed by atoms with van der Waals surface area (Å²) in [5.41, 5.74) is 0. The van der Waals surface area contributed by atoms with Gasteiger partial charge in [-0.05, 0) is 27.3 Å². The van der Waals surface area contributed by atoms with Gasteiger partial charge in [-0.25, -0.2) is 0 Å². The molecule has 1 fully saturated rings. The minimum Gasteiger partial charge on any atom is -0.372 e. The molecule has 0 aromatic rings. The Morgan fingerprint density at radius 2 is 1.88 bits per heavy atom. The number of rotatable bonds is 4. The smallest absolute Gasteiger partial charge is 0.248 e. The maximum atomic E-state index is 11.9. The van der Waals surface area contributed by atoms with Crippen LogP contribution in [0.2, 0.25) is 0 Å². The number of likely N-dealkylation sites (N-methyl/N-ethyl adjacent to an activating group) is 1. The third-order valence-corrected chi connectivity index (χ3v) is 3.29. The highest BCUT2D eigenvalue weighted by atomic mass is 16.5. The summed E-state index contributed by atoms with van der Waals surface area (Å²) in [7, 11) is 2.12. The van der Waals surface area contributed by atoms with Crippen molar-refractivity contribution in [2.24, 2.45) is 0 Å². The van der Waals surface area contributed by atoms with Crippen LogP contribution in [0.15, 0.2) is 0 Å². The number of carbonyl (C=O) groups is 1. The van der Waals surface area contributed by atoms with Gasteiger partial charge in [0.15, 0.2) is 0 Å². The normalized spacial score (nSPS) is 27.1. The van der Waals surface area contributed by atoms with Crippen LogP contribution in [-0.2, 0) is 9.53 Å². The van der Waals surface area contributed by atoms with E-state index in [4.69, 9.17) is 4.74 Å². The van der Waals surface area contributed by atoms with Crippen molar-refractivity contribution in [1.82, 2.24) is 9.80 Å². The van der Waals surface area contributed by atoms with Crippen molar-refractivity contribution in [3.63, 3.8) is 0 Å². The molecule has 0 aromatic heterocycles. The van der Waals surface area contributed by atoms with E-state index in [9.17, 15) is 4.79 Å². The molecule has 0 N–H and O–H groups in total. The number of piperazine rings is 1. The SMILES string of the molecule is CCCOCC(=O)N1CC(C)N(C)C(C)C1. The molecular weight excluding hydrogens is 204 g/mol. The van der Waals surface area contributed by atoms with Gasteiger partial charge < -0.3 is 9.64 Å². The van der Waals surface area contributed by atoms with Crippen molar-refractivity contribution < 1.29 is 9.53 Å². The van der Waals surface area contributed by atoms with E-state index < -0.39 is 0 Å². The Kier molecular flexibility index (Phi) is 5.22. The summed E-state index contributed by atoms with van der Waals surface area (Å²) in [6.45, 7) is 8.89. The van der Waals surface area contributed by atoms with Crippen LogP contribution >= 0.6 is 0 Å². The Balaban J connectivity index is 2.39. The van der Waals surface area contributed by atoms with E-state index in [1.807, 2.05) is 11.8 Å². The average Bonchev–Trinajstić information content (AvgIpc) is 2.25. The number of hydrogen-bond acceptors (Lipinski definition) is 3. The molecule has 94 valence electrons. The van der Waals surface area contributed by atoms with Gasteiger partial charge in [0.2, 0.25) is 5.91 Å². The Bertz CT molecular complexity index is 221. The van der Waals surface area contributed by atoms with Crippen molar-refractivity contribution in [2.45, 2.75) is 39.3 Å². The fraction of sp³-hybridized carbons (Fsp3) is 0.917. The highest BCUT2D eigenvalue weighted by Gasteiger charge is 2.28. The second-order valence-corrected chi connectivity index (χ2v) is 4.71. The minimum atomic E-state index is 0.125. The van der Waals surface area contributed by atoms with E-state index in [0.717, 1.165) is 19.5 Å². The van der Waals surface area contributed by atoms with Gasteiger partial charge in [-0.15, -0.1) is 0 Å². The van der Waals surface area contributed by atoms with Gasteiger partial charge in [-0.2, -0.15) is 0 Å². The third kappa shape index (κ3) is 3.46. The van der Waals surface area contributed by atoms with Gasteiger partial charge in [0.1, 0.15) is 6.61 Å². The molecule has 1 aliphatic heterocycles. The van der Waals surface area contributed by atoms with Crippen molar-refractivity contribution >= 4 is 5.91 Å². The Labute approximate surface area is 98.5 Å². The van der Waals surface area contributed by atoms with Crippen LogP contribution < -0.4 is 0 Å². The molecule has 1 amide bonds. The van der Waals surface area contributed by atoms with Crippen LogP contribution in [0.4, 0.5) is 0 Å². The van der Waals surface area contributed by atoms with Gasteiger partial charge >= 0.3 is 0 Å². The second kappa shape index (κ2) is 6.21. The Morgan fingerprint density at radius 3 is 2.38 bits per heavy atom. The van der Waals surface area contributed by atoms with Crippen molar-refractivity contribution in [3.05, 3.63) is 0 Å². The van der Waals surface area contributed by atoms with Gasteiger partial charge in [-0.3, -0.25) is 9.69 Å². The summed E-state index contributed by atoms with van der Waals surface area (Å²) >= 11 is 0. The topological polar surface area (TPSA) is 32.8 Å². The van der Waals surface area contributed by atoms with E-state index in [0.29, 0.717) is 18.7 Å². The molecule has 0 spiro atoms. The van der Waals surface area contributed by atoms with Crippen LogP contribution in [0.5, 0.6) is 0 Å². The zero-order chi connectivity index (χ0) is 12.1. The number of hydrogen-bond donors (Lipinski definition) is 0. The molecule has 2 unspecified atom stereocenters. The zero-order valence-electron chi connectivity index (χ0n) is 10.9. The molecule has 0 bridgehead atoms. The first-order chi connectivity index (χ1) is 7.56. The maximum absolute atomic E-state index is 11.9. The van der Waals surface area contributed by atoms with Crippen LogP contribution in [0.1, 0.15) is 27.2 Å². The maximum Gasteiger partial charge on any atom is 0.248 e. The fourth-order valence-corrected chi connectivity index (χ4v) is 2.00. The molecule has 0 aromatic carbocycles. The number of nitrogens with zero attached hydrogens (tertiary/aromatic N) is 2. The lowest BCUT2D eigenvalue weighted by Gasteiger charge is -2.42. The van der Waals surface area contributed by atoms with E-state index in [-0.39, 0.29) is 12.5 Å². The van der Waals surface area contributed by atoms with Gasteiger partial charge in [0.05, 0.1) is 0 Å². The first-order valence-corrected chi connectivity index (χ1v) is 6.13. The summed E-state index contributed by atoms with van der Waals surface area (Å²) < 4.78 is 5.29. The number of amides is 1. The molecule has 1 heterocycles. The summed E-state index contributed by atoms with van der Waals surface area (Å²) in [6, 6.07) is 0.859. The first kappa shape index (κ1) is 13.5. The monoisotopic (exact) mass is 228 g/mol. The molecule has 0 saturated carbocycles. The zero-order valence-corrected chi connectivity index (χ0v) is 10.9. The fourth-order valence-electron chi connectivity index (χ4n) is 2.00. The quantitative estimate of drug-likeness (QED) is 0.672. The summed E-state index contributed by atoms with van der Waals surface area (Å²) in [5.74, 6) is 0.125. The van der Waals surface area contributed by atoms with Crippen LogP contribution in [-0.4, -0.2) is 61.1 Å². The van der Waals surface area contributed by atoms with Gasteiger partial charge in [0, 0.05) is 31.8 Å². The Hall–Kier alpha value is -0.610. The highest BCUT2D eigenvalue weighted by molar-refractivity contribution is 5.77. The first-order valence-electron chi connectivity index (χ1n) is 6.13. The molecule has 4 heteroatoms. The molecule has 0 aliphatic carbocycles. The molecule has 16 heavy (non-hydrogen) atoms. The van der Waals surface area contributed by atoms with E-state index in [1.54, 1.807) is 0 Å². The standard InChI is InChI=1S/C12H24N2O2/c1-5-6-16-9-12(15)14-7-10(2)13(4)11(3)8-14/h10-11H,5-9H2,1-4H3. The van der Waals surface area contributed by atoms with Gasteiger partial charge in [0.25, 0.3) is 0 Å². The van der Waals surface area contributed by atoms with E-state index >= 15 is 0 Å². The lowest BCUT2D eigenvalue weighted by Crippen LogP contribution is -2.57. The Morgan fingerprint density at radius 1 is 1.31 bits per heavy atom. The molecule has 0 radical (unpaired) electrons.